The van der Waals surface area contributed by atoms with Crippen molar-refractivity contribution in [1.29, 1.82) is 0 Å². The maximum Gasteiger partial charge on any atom is 0.253 e. The molecule has 120 valence electrons. The number of morpholine rings is 1. The van der Waals surface area contributed by atoms with Crippen LogP contribution in [0.3, 0.4) is 0 Å². The maximum absolute atomic E-state index is 12.5. The van der Waals surface area contributed by atoms with Gasteiger partial charge in [0.1, 0.15) is 0 Å². The number of hydrogen-bond donors (Lipinski definition) is 0. The Kier molecular flexibility index (Phi) is 5.11. The number of benzene rings is 1. The van der Waals surface area contributed by atoms with Crippen molar-refractivity contribution in [2.45, 2.75) is 26.3 Å². The molecule has 3 rings (SSSR count). The summed E-state index contributed by atoms with van der Waals surface area (Å²) < 4.78 is 5.37. The number of carbonyl (C=O) groups excluding carboxylic acids is 1. The van der Waals surface area contributed by atoms with Gasteiger partial charge in [-0.2, -0.15) is 0 Å². The average Bonchev–Trinajstić information content (AvgIpc) is 2.56. The summed E-state index contributed by atoms with van der Waals surface area (Å²) >= 11 is 0. The molecular formula is C18H26N2O2. The zero-order valence-corrected chi connectivity index (χ0v) is 13.5. The van der Waals surface area contributed by atoms with Crippen LogP contribution in [0.15, 0.2) is 24.3 Å². The minimum atomic E-state index is 0.185. The lowest BCUT2D eigenvalue weighted by molar-refractivity contribution is 0.0342. The van der Waals surface area contributed by atoms with Gasteiger partial charge in [0.15, 0.2) is 0 Å². The molecule has 2 aliphatic heterocycles. The van der Waals surface area contributed by atoms with Crippen molar-refractivity contribution < 1.29 is 9.53 Å². The normalized spacial score (nSPS) is 23.5. The van der Waals surface area contributed by atoms with Gasteiger partial charge in [-0.3, -0.25) is 9.69 Å². The summed E-state index contributed by atoms with van der Waals surface area (Å²) in [6, 6.07) is 8.15. The van der Waals surface area contributed by atoms with Crippen molar-refractivity contribution in [3.05, 3.63) is 35.4 Å². The summed E-state index contributed by atoms with van der Waals surface area (Å²) in [6.45, 7) is 8.60. The van der Waals surface area contributed by atoms with Crippen LogP contribution in [0.1, 0.15) is 35.7 Å². The Morgan fingerprint density at radius 2 is 1.91 bits per heavy atom. The van der Waals surface area contributed by atoms with Gasteiger partial charge in [-0.25, -0.2) is 0 Å². The van der Waals surface area contributed by atoms with Crippen LogP contribution in [0.4, 0.5) is 0 Å². The second-order valence-corrected chi connectivity index (χ2v) is 6.58. The Morgan fingerprint density at radius 1 is 1.18 bits per heavy atom. The lowest BCUT2D eigenvalue weighted by Gasteiger charge is -2.31. The Bertz CT molecular complexity index is 494. The van der Waals surface area contributed by atoms with Crippen LogP contribution in [-0.2, 0) is 11.3 Å². The van der Waals surface area contributed by atoms with Crippen LogP contribution in [0, 0.1) is 5.92 Å². The SMILES string of the molecule is C[C@@H]1CCCN(C(=O)c2ccc(CN3CCOCC3)cc2)C1. The first-order valence-electron chi connectivity index (χ1n) is 8.40. The van der Waals surface area contributed by atoms with E-state index in [0.29, 0.717) is 5.92 Å². The molecule has 1 aromatic rings. The van der Waals surface area contributed by atoms with Crippen molar-refractivity contribution in [2.75, 3.05) is 39.4 Å². The molecule has 22 heavy (non-hydrogen) atoms. The van der Waals surface area contributed by atoms with Gasteiger partial charge in [0, 0.05) is 38.3 Å². The quantitative estimate of drug-likeness (QED) is 0.859. The third-order valence-electron chi connectivity index (χ3n) is 4.66. The fourth-order valence-electron chi connectivity index (χ4n) is 3.33. The highest BCUT2D eigenvalue weighted by atomic mass is 16.5. The largest absolute Gasteiger partial charge is 0.379 e. The Hall–Kier alpha value is -1.39. The van der Waals surface area contributed by atoms with E-state index in [9.17, 15) is 4.79 Å². The molecule has 2 saturated heterocycles. The molecule has 0 spiro atoms. The van der Waals surface area contributed by atoms with Crippen LogP contribution in [0.5, 0.6) is 0 Å². The molecule has 0 aliphatic carbocycles. The van der Waals surface area contributed by atoms with Gasteiger partial charge in [-0.15, -0.1) is 0 Å². The second-order valence-electron chi connectivity index (χ2n) is 6.58. The molecule has 2 fully saturated rings. The fraction of sp³-hybridized carbons (Fsp3) is 0.611. The molecule has 2 heterocycles. The molecule has 1 aromatic carbocycles. The van der Waals surface area contributed by atoms with E-state index in [1.807, 2.05) is 17.0 Å². The van der Waals surface area contributed by atoms with Crippen molar-refractivity contribution in [2.24, 2.45) is 5.92 Å². The van der Waals surface area contributed by atoms with Crippen molar-refractivity contribution >= 4 is 5.91 Å². The van der Waals surface area contributed by atoms with Gasteiger partial charge in [0.05, 0.1) is 13.2 Å². The lowest BCUT2D eigenvalue weighted by atomic mass is 9.99. The predicted octanol–water partition coefficient (Wildman–Crippen LogP) is 2.39. The maximum atomic E-state index is 12.5. The standard InChI is InChI=1S/C18H26N2O2/c1-15-3-2-8-20(13-15)18(21)17-6-4-16(5-7-17)14-19-9-11-22-12-10-19/h4-7,15H,2-3,8-14H2,1H3/t15-/m1/s1. The molecule has 0 unspecified atom stereocenters. The van der Waals surface area contributed by atoms with Gasteiger partial charge < -0.3 is 9.64 Å². The third-order valence-corrected chi connectivity index (χ3v) is 4.66. The summed E-state index contributed by atoms with van der Waals surface area (Å²) in [6.07, 6.45) is 2.37. The average molecular weight is 302 g/mol. The number of likely N-dealkylation sites (tertiary alicyclic amines) is 1. The summed E-state index contributed by atoms with van der Waals surface area (Å²) in [5.41, 5.74) is 2.09. The zero-order chi connectivity index (χ0) is 15.4. The molecule has 0 radical (unpaired) electrons. The summed E-state index contributed by atoms with van der Waals surface area (Å²) in [5.74, 6) is 0.808. The van der Waals surface area contributed by atoms with E-state index in [4.69, 9.17) is 4.74 Å². The zero-order valence-electron chi connectivity index (χ0n) is 13.5. The van der Waals surface area contributed by atoms with Crippen molar-refractivity contribution in [3.8, 4) is 0 Å². The van der Waals surface area contributed by atoms with Crippen molar-refractivity contribution in [1.82, 2.24) is 9.80 Å². The summed E-state index contributed by atoms with van der Waals surface area (Å²) in [4.78, 5) is 16.9. The Morgan fingerprint density at radius 3 is 2.59 bits per heavy atom. The molecule has 1 atom stereocenters. The topological polar surface area (TPSA) is 32.8 Å². The van der Waals surface area contributed by atoms with E-state index in [0.717, 1.165) is 57.9 Å². The molecule has 0 bridgehead atoms. The second kappa shape index (κ2) is 7.25. The smallest absolute Gasteiger partial charge is 0.253 e. The molecule has 4 heteroatoms. The lowest BCUT2D eigenvalue weighted by Crippen LogP contribution is -2.39. The van der Waals surface area contributed by atoms with E-state index in [1.54, 1.807) is 0 Å². The first-order chi connectivity index (χ1) is 10.7. The van der Waals surface area contributed by atoms with Gasteiger partial charge >= 0.3 is 0 Å². The number of rotatable bonds is 3. The van der Waals surface area contributed by atoms with Gasteiger partial charge in [-0.05, 0) is 36.5 Å². The van der Waals surface area contributed by atoms with Crippen LogP contribution in [0.25, 0.3) is 0 Å². The molecule has 0 saturated carbocycles. The number of hydrogen-bond acceptors (Lipinski definition) is 3. The Labute approximate surface area is 133 Å². The molecule has 4 nitrogen and oxygen atoms in total. The predicted molar refractivity (Wildman–Crippen MR) is 86.8 cm³/mol. The van der Waals surface area contributed by atoms with Crippen LogP contribution in [-0.4, -0.2) is 55.1 Å². The highest BCUT2D eigenvalue weighted by Gasteiger charge is 2.22. The van der Waals surface area contributed by atoms with Crippen LogP contribution < -0.4 is 0 Å². The number of ether oxygens (including phenoxy) is 1. The fourth-order valence-corrected chi connectivity index (χ4v) is 3.33. The molecule has 0 N–H and O–H groups in total. The van der Waals surface area contributed by atoms with Crippen LogP contribution >= 0.6 is 0 Å². The number of amides is 1. The molecule has 1 amide bonds. The highest BCUT2D eigenvalue weighted by Crippen LogP contribution is 2.18. The minimum absolute atomic E-state index is 0.185. The number of piperidine rings is 1. The molecular weight excluding hydrogens is 276 g/mol. The van der Waals surface area contributed by atoms with Gasteiger partial charge in [-0.1, -0.05) is 19.1 Å². The Balaban J connectivity index is 1.59. The van der Waals surface area contributed by atoms with Gasteiger partial charge in [0.25, 0.3) is 5.91 Å². The van der Waals surface area contributed by atoms with E-state index in [-0.39, 0.29) is 5.91 Å². The molecule has 2 aliphatic rings. The number of nitrogens with zero attached hydrogens (tertiary/aromatic N) is 2. The van der Waals surface area contributed by atoms with Crippen LogP contribution in [0.2, 0.25) is 0 Å². The monoisotopic (exact) mass is 302 g/mol. The van der Waals surface area contributed by atoms with E-state index >= 15 is 0 Å². The van der Waals surface area contributed by atoms with E-state index in [2.05, 4.69) is 24.0 Å². The first-order valence-corrected chi connectivity index (χ1v) is 8.40. The molecule has 0 aromatic heterocycles. The van der Waals surface area contributed by atoms with E-state index in [1.165, 1.54) is 12.0 Å². The first kappa shape index (κ1) is 15.5. The van der Waals surface area contributed by atoms with E-state index < -0.39 is 0 Å². The summed E-state index contributed by atoms with van der Waals surface area (Å²) in [7, 11) is 0. The van der Waals surface area contributed by atoms with Gasteiger partial charge in [0.2, 0.25) is 0 Å². The van der Waals surface area contributed by atoms with Crippen molar-refractivity contribution in [3.63, 3.8) is 0 Å². The highest BCUT2D eigenvalue weighted by molar-refractivity contribution is 5.94. The minimum Gasteiger partial charge on any atom is -0.379 e. The third kappa shape index (κ3) is 3.87. The number of carbonyl (C=O) groups is 1. The summed E-state index contributed by atoms with van der Waals surface area (Å²) in [5, 5.41) is 0.